The minimum Gasteiger partial charge on any atom is -0.463 e. The van der Waals surface area contributed by atoms with Gasteiger partial charge in [0.05, 0.1) is 20.0 Å². The van der Waals surface area contributed by atoms with E-state index in [0.29, 0.717) is 17.5 Å². The molecule has 0 N–H and O–H groups in total. The second-order valence-corrected chi connectivity index (χ2v) is 3.93. The molecule has 0 atom stereocenters. The molecule has 0 aliphatic carbocycles. The molecule has 2 heterocycles. The van der Waals surface area contributed by atoms with Gasteiger partial charge < -0.3 is 13.7 Å². The van der Waals surface area contributed by atoms with Crippen molar-refractivity contribution < 1.29 is 13.9 Å². The number of aromatic nitrogens is 2. The average Bonchev–Trinajstić information content (AvgIpc) is 2.91. The van der Waals surface area contributed by atoms with Crippen molar-refractivity contribution in [1.29, 1.82) is 0 Å². The van der Waals surface area contributed by atoms with Crippen LogP contribution in [0.2, 0.25) is 10.3 Å². The SMILES string of the molecule is COC(=O)c1ccc(Cn2cnc(Cl)c2Cl)o1. The lowest BCUT2D eigenvalue weighted by molar-refractivity contribution is 0.0563. The molecular formula is C10H8Cl2N2O3. The Morgan fingerprint density at radius 3 is 2.88 bits per heavy atom. The molecule has 2 rings (SSSR count). The molecule has 2 aromatic heterocycles. The third-order valence-corrected chi connectivity index (χ3v) is 2.88. The first-order valence-electron chi connectivity index (χ1n) is 4.65. The summed E-state index contributed by atoms with van der Waals surface area (Å²) in [6.45, 7) is 0.343. The van der Waals surface area contributed by atoms with Gasteiger partial charge in [-0.2, -0.15) is 0 Å². The van der Waals surface area contributed by atoms with E-state index in [0.717, 1.165) is 0 Å². The summed E-state index contributed by atoms with van der Waals surface area (Å²) in [7, 11) is 1.29. The number of halogens is 2. The van der Waals surface area contributed by atoms with E-state index in [1.165, 1.54) is 19.5 Å². The molecule has 0 bridgehead atoms. The molecule has 90 valence electrons. The van der Waals surface area contributed by atoms with Crippen LogP contribution in [0.1, 0.15) is 16.3 Å². The van der Waals surface area contributed by atoms with E-state index in [4.69, 9.17) is 27.6 Å². The highest BCUT2D eigenvalue weighted by molar-refractivity contribution is 6.40. The summed E-state index contributed by atoms with van der Waals surface area (Å²) in [5, 5.41) is 0.550. The average molecular weight is 275 g/mol. The van der Waals surface area contributed by atoms with Crippen LogP contribution in [0.5, 0.6) is 0 Å². The van der Waals surface area contributed by atoms with E-state index in [1.807, 2.05) is 0 Å². The predicted octanol–water partition coefficient (Wildman–Crippen LogP) is 2.62. The maximum absolute atomic E-state index is 11.2. The molecule has 0 fully saturated rings. The molecule has 7 heteroatoms. The number of rotatable bonds is 3. The molecule has 0 spiro atoms. The Hall–Kier alpha value is -1.46. The van der Waals surface area contributed by atoms with Crippen LogP contribution in [-0.4, -0.2) is 22.6 Å². The molecule has 0 radical (unpaired) electrons. The van der Waals surface area contributed by atoms with Crippen molar-refractivity contribution in [2.75, 3.05) is 7.11 Å². The lowest BCUT2D eigenvalue weighted by Gasteiger charge is -2.00. The van der Waals surface area contributed by atoms with Gasteiger partial charge in [-0.3, -0.25) is 0 Å². The summed E-state index contributed by atoms with van der Waals surface area (Å²) in [6.07, 6.45) is 1.49. The Labute approximate surface area is 107 Å². The van der Waals surface area contributed by atoms with Crippen LogP contribution in [0.25, 0.3) is 0 Å². The number of carbonyl (C=O) groups excluding carboxylic acids is 1. The third-order valence-electron chi connectivity index (χ3n) is 2.11. The molecule has 2 aromatic rings. The maximum atomic E-state index is 11.2. The van der Waals surface area contributed by atoms with E-state index in [9.17, 15) is 4.79 Å². The molecule has 0 unspecified atom stereocenters. The number of furan rings is 1. The number of esters is 1. The van der Waals surface area contributed by atoms with Crippen LogP contribution in [0.3, 0.4) is 0 Å². The fraction of sp³-hybridized carbons (Fsp3) is 0.200. The fourth-order valence-corrected chi connectivity index (χ4v) is 1.60. The Kier molecular flexibility index (Phi) is 3.40. The van der Waals surface area contributed by atoms with E-state index in [-0.39, 0.29) is 10.9 Å². The van der Waals surface area contributed by atoms with Crippen LogP contribution in [0, 0.1) is 0 Å². The molecule has 0 saturated heterocycles. The van der Waals surface area contributed by atoms with Crippen molar-refractivity contribution in [1.82, 2.24) is 9.55 Å². The first kappa shape index (κ1) is 12.0. The van der Waals surface area contributed by atoms with Crippen LogP contribution >= 0.6 is 23.2 Å². The molecule has 0 aliphatic rings. The van der Waals surface area contributed by atoms with Gasteiger partial charge in [0.2, 0.25) is 5.76 Å². The van der Waals surface area contributed by atoms with E-state index in [2.05, 4.69) is 9.72 Å². The topological polar surface area (TPSA) is 57.3 Å². The van der Waals surface area contributed by atoms with Gasteiger partial charge in [0.25, 0.3) is 0 Å². The zero-order valence-corrected chi connectivity index (χ0v) is 10.3. The first-order chi connectivity index (χ1) is 8.11. The smallest absolute Gasteiger partial charge is 0.373 e. The monoisotopic (exact) mass is 274 g/mol. The lowest BCUT2D eigenvalue weighted by Crippen LogP contribution is -1.99. The second-order valence-electron chi connectivity index (χ2n) is 3.21. The van der Waals surface area contributed by atoms with Crippen LogP contribution in [-0.2, 0) is 11.3 Å². The van der Waals surface area contributed by atoms with Gasteiger partial charge in [-0.15, -0.1) is 0 Å². The third kappa shape index (κ3) is 2.45. The van der Waals surface area contributed by atoms with Crippen molar-refractivity contribution in [2.45, 2.75) is 6.54 Å². The number of ether oxygens (including phenoxy) is 1. The maximum Gasteiger partial charge on any atom is 0.373 e. The standard InChI is InChI=1S/C10H8Cl2N2O3/c1-16-10(15)7-3-2-6(17-7)4-14-5-13-8(11)9(14)12/h2-3,5H,4H2,1H3. The molecule has 5 nitrogen and oxygen atoms in total. The van der Waals surface area contributed by atoms with Crippen molar-refractivity contribution >= 4 is 29.2 Å². The van der Waals surface area contributed by atoms with Gasteiger partial charge in [-0.25, -0.2) is 9.78 Å². The van der Waals surface area contributed by atoms with Crippen molar-refractivity contribution in [2.24, 2.45) is 0 Å². The molecule has 0 aromatic carbocycles. The van der Waals surface area contributed by atoms with Crippen molar-refractivity contribution in [3.05, 3.63) is 40.3 Å². The minimum absolute atomic E-state index is 0.143. The number of nitrogens with zero attached hydrogens (tertiary/aromatic N) is 2. The van der Waals surface area contributed by atoms with Crippen LogP contribution < -0.4 is 0 Å². The van der Waals surface area contributed by atoms with Gasteiger partial charge in [0.15, 0.2) is 5.15 Å². The van der Waals surface area contributed by atoms with Crippen molar-refractivity contribution in [3.8, 4) is 0 Å². The summed E-state index contributed by atoms with van der Waals surface area (Å²) < 4.78 is 11.4. The van der Waals surface area contributed by atoms with E-state index >= 15 is 0 Å². The van der Waals surface area contributed by atoms with Crippen molar-refractivity contribution in [3.63, 3.8) is 0 Å². The predicted molar refractivity (Wildman–Crippen MR) is 61.4 cm³/mol. The molecular weight excluding hydrogens is 267 g/mol. The number of methoxy groups -OCH3 is 1. The lowest BCUT2D eigenvalue weighted by atomic mass is 10.4. The Bertz CT molecular complexity index is 547. The summed E-state index contributed by atoms with van der Waals surface area (Å²) in [5.74, 6) is 0.178. The zero-order valence-electron chi connectivity index (χ0n) is 8.81. The molecule has 0 amide bonds. The molecule has 0 aliphatic heterocycles. The fourth-order valence-electron chi connectivity index (χ4n) is 1.29. The number of imidazole rings is 1. The largest absolute Gasteiger partial charge is 0.463 e. The summed E-state index contributed by atoms with van der Waals surface area (Å²) >= 11 is 11.6. The Balaban J connectivity index is 2.17. The highest BCUT2D eigenvalue weighted by Gasteiger charge is 2.13. The molecule has 0 saturated carbocycles. The highest BCUT2D eigenvalue weighted by Crippen LogP contribution is 2.21. The van der Waals surface area contributed by atoms with E-state index in [1.54, 1.807) is 10.6 Å². The summed E-state index contributed by atoms with van der Waals surface area (Å²) in [4.78, 5) is 15.0. The van der Waals surface area contributed by atoms with Gasteiger partial charge in [-0.1, -0.05) is 23.2 Å². The first-order valence-corrected chi connectivity index (χ1v) is 5.40. The molecule has 17 heavy (non-hydrogen) atoms. The number of hydrogen-bond donors (Lipinski definition) is 0. The van der Waals surface area contributed by atoms with Gasteiger partial charge in [-0.05, 0) is 12.1 Å². The minimum atomic E-state index is -0.522. The number of carbonyl (C=O) groups is 1. The Morgan fingerprint density at radius 1 is 1.53 bits per heavy atom. The normalized spacial score (nSPS) is 10.5. The quantitative estimate of drug-likeness (QED) is 0.808. The number of hydrogen-bond acceptors (Lipinski definition) is 4. The van der Waals surface area contributed by atoms with Gasteiger partial charge in [0, 0.05) is 0 Å². The van der Waals surface area contributed by atoms with Crippen LogP contribution in [0.15, 0.2) is 22.9 Å². The summed E-state index contributed by atoms with van der Waals surface area (Å²) in [5.41, 5.74) is 0. The zero-order chi connectivity index (χ0) is 12.4. The van der Waals surface area contributed by atoms with Gasteiger partial charge in [0.1, 0.15) is 10.9 Å². The summed E-state index contributed by atoms with van der Waals surface area (Å²) in [6, 6.07) is 3.20. The highest BCUT2D eigenvalue weighted by atomic mass is 35.5. The second kappa shape index (κ2) is 4.81. The van der Waals surface area contributed by atoms with Gasteiger partial charge >= 0.3 is 5.97 Å². The van der Waals surface area contributed by atoms with E-state index < -0.39 is 5.97 Å². The van der Waals surface area contributed by atoms with Crippen LogP contribution in [0.4, 0.5) is 0 Å². The Morgan fingerprint density at radius 2 is 2.29 bits per heavy atom.